The molecule has 0 heterocycles. The topological polar surface area (TPSA) is 80.9 Å². The molecule has 0 saturated heterocycles. The smallest absolute Gasteiger partial charge is 0.368 e. The average molecular weight is 195 g/mol. The van der Waals surface area contributed by atoms with Crippen molar-refractivity contribution in [1.82, 2.24) is 0 Å². The third-order valence-corrected chi connectivity index (χ3v) is 0. The summed E-state index contributed by atoms with van der Waals surface area (Å²) in [7, 11) is -4.58. The molecule has 0 aliphatic carbocycles. The maximum atomic E-state index is 7.33. The summed E-state index contributed by atoms with van der Waals surface area (Å²) < 4.78 is 0. The third-order valence-electron chi connectivity index (χ3n) is 0. The van der Waals surface area contributed by atoms with Crippen molar-refractivity contribution in [2.24, 2.45) is 0 Å². The Bertz CT molecular complexity index is 35.8. The van der Waals surface area contributed by atoms with Gasteiger partial charge in [-0.25, -0.2) is 0 Å². The van der Waals surface area contributed by atoms with Gasteiger partial charge in [0.25, 0.3) is 8.14 Å². The second-order valence-electron chi connectivity index (χ2n) is 0.671. The minimum Gasteiger partial charge on any atom is -0.368 e. The lowest BCUT2D eigenvalue weighted by atomic mass is 15.7. The molecule has 4 N–H and O–H groups in total. The molecule has 8 heteroatoms. The van der Waals surface area contributed by atoms with Crippen LogP contribution in [0.25, 0.3) is 0 Å². The SMILES string of the molecule is Cl[Si]Cl.O[Si](O)(O)O. The summed E-state index contributed by atoms with van der Waals surface area (Å²) in [5, 5.41) is 0. The molecule has 0 spiro atoms. The molecule has 0 amide bonds. The van der Waals surface area contributed by atoms with E-state index in [1.54, 1.807) is 0 Å². The fourth-order valence-corrected chi connectivity index (χ4v) is 0. The third kappa shape index (κ3) is 322. The zero-order valence-corrected chi connectivity index (χ0v) is 7.06. The zero-order valence-electron chi connectivity index (χ0n) is 3.54. The molecule has 0 atom stereocenters. The summed E-state index contributed by atoms with van der Waals surface area (Å²) in [5.74, 6) is 0. The molecule has 0 aromatic heterocycles. The van der Waals surface area contributed by atoms with Gasteiger partial charge in [-0.1, -0.05) is 0 Å². The van der Waals surface area contributed by atoms with E-state index in [1.165, 1.54) is 0 Å². The van der Waals surface area contributed by atoms with Crippen molar-refractivity contribution in [3.05, 3.63) is 0 Å². The minimum atomic E-state index is -4.61. The summed E-state index contributed by atoms with van der Waals surface area (Å²) in [6.07, 6.45) is 0. The summed E-state index contributed by atoms with van der Waals surface area (Å²) in [6.45, 7) is 0. The Balaban J connectivity index is 0. The first-order valence-corrected chi connectivity index (χ1v) is 6.08. The molecule has 50 valence electrons. The Labute approximate surface area is 59.0 Å². The van der Waals surface area contributed by atoms with Crippen LogP contribution in [0.4, 0.5) is 0 Å². The van der Waals surface area contributed by atoms with Gasteiger partial charge >= 0.3 is 9.05 Å². The van der Waals surface area contributed by atoms with Gasteiger partial charge in [0.15, 0.2) is 0 Å². The van der Waals surface area contributed by atoms with Crippen LogP contribution in [-0.2, 0) is 0 Å². The average Bonchev–Trinajstić information content (AvgIpc) is 1.27. The summed E-state index contributed by atoms with van der Waals surface area (Å²) in [4.78, 5) is 29.3. The van der Waals surface area contributed by atoms with E-state index in [0.29, 0.717) is 0 Å². The lowest BCUT2D eigenvalue weighted by molar-refractivity contribution is 0.117. The quantitative estimate of drug-likeness (QED) is 0.277. The van der Waals surface area contributed by atoms with E-state index in [9.17, 15) is 0 Å². The van der Waals surface area contributed by atoms with Gasteiger partial charge in [0.1, 0.15) is 0 Å². The van der Waals surface area contributed by atoms with Crippen LogP contribution in [0.15, 0.2) is 0 Å². The van der Waals surface area contributed by atoms with E-state index in [1.807, 2.05) is 0 Å². The van der Waals surface area contributed by atoms with Gasteiger partial charge in [0.2, 0.25) is 0 Å². The number of rotatable bonds is 0. The van der Waals surface area contributed by atoms with Crippen molar-refractivity contribution in [2.45, 2.75) is 0 Å². The Morgan fingerprint density at radius 3 is 1.00 bits per heavy atom. The predicted octanol–water partition coefficient (Wildman–Crippen LogP) is -1.61. The summed E-state index contributed by atoms with van der Waals surface area (Å²) >= 11 is 9.58. The molecule has 4 nitrogen and oxygen atoms in total. The van der Waals surface area contributed by atoms with Crippen LogP contribution in [0.3, 0.4) is 0 Å². The van der Waals surface area contributed by atoms with Gasteiger partial charge in [0.05, 0.1) is 0 Å². The van der Waals surface area contributed by atoms with Crippen LogP contribution < -0.4 is 0 Å². The molecular formula is H4Cl2O4Si2. The van der Waals surface area contributed by atoms with Gasteiger partial charge in [-0.15, -0.1) is 22.2 Å². The number of hydrogen-bond acceptors (Lipinski definition) is 4. The lowest BCUT2D eigenvalue weighted by Gasteiger charge is -1.91. The monoisotopic (exact) mass is 194 g/mol. The maximum Gasteiger partial charge on any atom is 0.668 e. The Kier molecular flexibility index (Phi) is 8.69. The second-order valence-corrected chi connectivity index (χ2v) is 3.73. The fourth-order valence-electron chi connectivity index (χ4n) is 0. The minimum absolute atomic E-state index is 0.0278. The van der Waals surface area contributed by atoms with Crippen molar-refractivity contribution in [3.8, 4) is 0 Å². The highest BCUT2D eigenvalue weighted by molar-refractivity contribution is 7.22. The van der Waals surface area contributed by atoms with Gasteiger partial charge in [-0.3, -0.25) is 0 Å². The van der Waals surface area contributed by atoms with Crippen molar-refractivity contribution in [1.29, 1.82) is 0 Å². The predicted molar refractivity (Wildman–Crippen MR) is 32.1 cm³/mol. The van der Waals surface area contributed by atoms with Gasteiger partial charge in [-0.2, -0.15) is 0 Å². The first-order chi connectivity index (χ1) is 3.41. The molecule has 0 saturated carbocycles. The van der Waals surface area contributed by atoms with Crippen molar-refractivity contribution >= 4 is 39.3 Å². The van der Waals surface area contributed by atoms with Crippen molar-refractivity contribution in [2.75, 3.05) is 0 Å². The molecule has 0 aliphatic rings. The fraction of sp³-hybridized carbons (Fsp3) is 0. The summed E-state index contributed by atoms with van der Waals surface area (Å²) in [5.41, 5.74) is 0. The lowest BCUT2D eigenvalue weighted by Crippen LogP contribution is -2.33. The molecule has 0 bridgehead atoms. The molecule has 0 aliphatic heterocycles. The van der Waals surface area contributed by atoms with Crippen LogP contribution in [-0.4, -0.2) is 36.4 Å². The maximum absolute atomic E-state index is 7.33. The number of halogens is 2. The van der Waals surface area contributed by atoms with E-state index >= 15 is 0 Å². The van der Waals surface area contributed by atoms with Crippen LogP contribution in [0.5, 0.6) is 0 Å². The highest BCUT2D eigenvalue weighted by atomic mass is 35.7. The highest BCUT2D eigenvalue weighted by Crippen LogP contribution is 1.67. The standard InChI is InChI=1S/Cl2Si.H4O4Si/c1-3-2;1-5(2,3)4/h;1-4H. The van der Waals surface area contributed by atoms with Gasteiger partial charge in [0, 0.05) is 0 Å². The van der Waals surface area contributed by atoms with E-state index in [4.69, 9.17) is 41.3 Å². The molecule has 0 unspecified atom stereocenters. The molecule has 0 rings (SSSR count). The van der Waals surface area contributed by atoms with E-state index in [0.717, 1.165) is 0 Å². The van der Waals surface area contributed by atoms with Gasteiger partial charge < -0.3 is 19.2 Å². The second kappa shape index (κ2) is 5.98. The normalized spacial score (nSPS) is 9.75. The highest BCUT2D eigenvalue weighted by Gasteiger charge is 2.22. The van der Waals surface area contributed by atoms with E-state index < -0.39 is 9.05 Å². The van der Waals surface area contributed by atoms with Crippen LogP contribution in [0.2, 0.25) is 0 Å². The van der Waals surface area contributed by atoms with Crippen molar-refractivity contribution < 1.29 is 19.2 Å². The van der Waals surface area contributed by atoms with Crippen LogP contribution in [0.1, 0.15) is 0 Å². The van der Waals surface area contributed by atoms with Crippen LogP contribution >= 0.6 is 22.2 Å². The molecule has 2 radical (unpaired) electrons. The molecule has 0 aromatic carbocycles. The van der Waals surface area contributed by atoms with Crippen LogP contribution in [0, 0.1) is 0 Å². The summed E-state index contributed by atoms with van der Waals surface area (Å²) in [6, 6.07) is 0. The van der Waals surface area contributed by atoms with E-state index in [2.05, 4.69) is 0 Å². The molecular weight excluding hydrogens is 191 g/mol. The zero-order chi connectivity index (χ0) is 7.21. The molecule has 0 fully saturated rings. The Morgan fingerprint density at radius 1 is 1.00 bits per heavy atom. The number of hydrogen-bond donors (Lipinski definition) is 4. The Hall–Kier alpha value is 0.854. The van der Waals surface area contributed by atoms with Gasteiger partial charge in [-0.05, 0) is 0 Å². The molecule has 0 aromatic rings. The largest absolute Gasteiger partial charge is 0.668 e. The first-order valence-electron chi connectivity index (χ1n) is 1.27. The van der Waals surface area contributed by atoms with E-state index in [-0.39, 0.29) is 8.14 Å². The van der Waals surface area contributed by atoms with Crippen molar-refractivity contribution in [3.63, 3.8) is 0 Å². The molecule has 8 heavy (non-hydrogen) atoms. The first kappa shape index (κ1) is 11.6. The Morgan fingerprint density at radius 2 is 1.00 bits per heavy atom.